The smallest absolute Gasteiger partial charge is 0.311 e. The lowest BCUT2D eigenvalue weighted by atomic mass is 9.61. The molecule has 1 fully saturated rings. The number of carboxylic acid groups (broad SMARTS) is 1. The van der Waals surface area contributed by atoms with E-state index in [2.05, 4.69) is 22.0 Å². The fraction of sp³-hybridized carbons (Fsp3) is 0.533. The molecule has 1 aromatic rings. The molecule has 0 heterocycles. The highest BCUT2D eigenvalue weighted by Gasteiger charge is 2.52. The van der Waals surface area contributed by atoms with Gasteiger partial charge in [-0.25, -0.2) is 0 Å². The number of carbonyl (C=O) groups is 1. The number of hydrogen-bond donors (Lipinski definition) is 1. The topological polar surface area (TPSA) is 40.5 Å². The Kier molecular flexibility index (Phi) is 4.02. The third-order valence-corrected chi connectivity index (χ3v) is 4.74. The zero-order valence-corrected chi connectivity index (χ0v) is 13.2. The summed E-state index contributed by atoms with van der Waals surface area (Å²) in [5.74, 6) is -0.670. The Balaban J connectivity index is 2.52. The molecular weight excluding hydrogens is 306 g/mol. The largest absolute Gasteiger partial charge is 0.481 e. The molecule has 4 heteroatoms. The second-order valence-corrected chi connectivity index (χ2v) is 6.60. The summed E-state index contributed by atoms with van der Waals surface area (Å²) in [5.41, 5.74) is 1.63. The van der Waals surface area contributed by atoms with E-state index in [4.69, 9.17) is 0 Å². The van der Waals surface area contributed by atoms with Crippen molar-refractivity contribution in [3.8, 4) is 0 Å². The van der Waals surface area contributed by atoms with Crippen molar-refractivity contribution in [3.05, 3.63) is 33.8 Å². The van der Waals surface area contributed by atoms with Gasteiger partial charge >= 0.3 is 5.97 Å². The van der Waals surface area contributed by atoms with E-state index in [9.17, 15) is 9.90 Å². The van der Waals surface area contributed by atoms with Gasteiger partial charge in [0.2, 0.25) is 0 Å². The third kappa shape index (κ3) is 2.43. The van der Waals surface area contributed by atoms with E-state index < -0.39 is 11.4 Å². The Morgan fingerprint density at radius 1 is 1.42 bits per heavy atom. The van der Waals surface area contributed by atoms with Gasteiger partial charge in [0.15, 0.2) is 0 Å². The van der Waals surface area contributed by atoms with Crippen LogP contribution in [0.3, 0.4) is 0 Å². The van der Waals surface area contributed by atoms with Gasteiger partial charge in [0.05, 0.1) is 11.5 Å². The summed E-state index contributed by atoms with van der Waals surface area (Å²) in [6.07, 6.45) is 2.53. The zero-order valence-electron chi connectivity index (χ0n) is 11.6. The number of nitrogens with zero attached hydrogens (tertiary/aromatic N) is 1. The molecule has 3 nitrogen and oxygen atoms in total. The van der Waals surface area contributed by atoms with Crippen molar-refractivity contribution in [2.24, 2.45) is 5.41 Å². The van der Waals surface area contributed by atoms with Crippen molar-refractivity contribution >= 4 is 21.9 Å². The standard InChI is InChI=1S/C15H20BrNO2/c1-10-5-6-11(16)9-12(10)13(17(2)3)15(14(18)19)7-4-8-15/h5-6,9,13H,4,7-8H2,1-3H3,(H,18,19). The number of benzene rings is 1. The molecule has 0 bridgehead atoms. The number of hydrogen-bond acceptors (Lipinski definition) is 2. The first-order chi connectivity index (χ1) is 8.88. The molecule has 1 N–H and O–H groups in total. The van der Waals surface area contributed by atoms with Gasteiger partial charge in [0.25, 0.3) is 0 Å². The normalized spacial score (nSPS) is 19.0. The lowest BCUT2D eigenvalue weighted by Crippen LogP contribution is -2.48. The van der Waals surface area contributed by atoms with Crippen LogP contribution in [0.5, 0.6) is 0 Å². The van der Waals surface area contributed by atoms with Crippen LogP contribution in [0.4, 0.5) is 0 Å². The molecule has 0 aliphatic heterocycles. The van der Waals surface area contributed by atoms with E-state index in [-0.39, 0.29) is 6.04 Å². The van der Waals surface area contributed by atoms with Crippen molar-refractivity contribution in [1.29, 1.82) is 0 Å². The van der Waals surface area contributed by atoms with Gasteiger partial charge in [-0.3, -0.25) is 4.79 Å². The Morgan fingerprint density at radius 2 is 2.05 bits per heavy atom. The van der Waals surface area contributed by atoms with Crippen LogP contribution in [0.25, 0.3) is 0 Å². The van der Waals surface area contributed by atoms with Gasteiger partial charge in [-0.15, -0.1) is 0 Å². The lowest BCUT2D eigenvalue weighted by molar-refractivity contribution is -0.161. The van der Waals surface area contributed by atoms with Crippen molar-refractivity contribution in [3.63, 3.8) is 0 Å². The summed E-state index contributed by atoms with van der Waals surface area (Å²) in [7, 11) is 3.93. The molecule has 0 amide bonds. The quantitative estimate of drug-likeness (QED) is 0.919. The molecule has 104 valence electrons. The number of halogens is 1. The van der Waals surface area contributed by atoms with Gasteiger partial charge < -0.3 is 10.0 Å². The Labute approximate surface area is 122 Å². The van der Waals surface area contributed by atoms with Crippen LogP contribution in [0.1, 0.15) is 36.4 Å². The summed E-state index contributed by atoms with van der Waals surface area (Å²) in [6, 6.07) is 6.03. The molecule has 1 atom stereocenters. The van der Waals surface area contributed by atoms with E-state index in [1.807, 2.05) is 38.1 Å². The van der Waals surface area contributed by atoms with Crippen LogP contribution in [0.15, 0.2) is 22.7 Å². The van der Waals surface area contributed by atoms with E-state index in [1.54, 1.807) is 0 Å². The summed E-state index contributed by atoms with van der Waals surface area (Å²) in [5, 5.41) is 9.69. The molecule has 0 spiro atoms. The van der Waals surface area contributed by atoms with Gasteiger partial charge in [-0.05, 0) is 57.1 Å². The first-order valence-electron chi connectivity index (χ1n) is 6.54. The molecule has 1 aliphatic carbocycles. The van der Waals surface area contributed by atoms with E-state index in [0.717, 1.165) is 34.9 Å². The molecule has 1 unspecified atom stereocenters. The molecule has 0 saturated heterocycles. The predicted octanol–water partition coefficient (Wildman–Crippen LogP) is 3.62. The highest BCUT2D eigenvalue weighted by molar-refractivity contribution is 9.10. The highest BCUT2D eigenvalue weighted by atomic mass is 79.9. The summed E-state index contributed by atoms with van der Waals surface area (Å²) in [6.45, 7) is 2.05. The number of carboxylic acids is 1. The maximum atomic E-state index is 11.8. The monoisotopic (exact) mass is 325 g/mol. The first-order valence-corrected chi connectivity index (χ1v) is 7.33. The molecule has 2 rings (SSSR count). The fourth-order valence-corrected chi connectivity index (χ4v) is 3.52. The predicted molar refractivity (Wildman–Crippen MR) is 79.2 cm³/mol. The minimum absolute atomic E-state index is 0.0729. The van der Waals surface area contributed by atoms with Gasteiger partial charge in [0.1, 0.15) is 0 Å². The van der Waals surface area contributed by atoms with E-state index in [0.29, 0.717) is 0 Å². The number of aliphatic carboxylic acids is 1. The molecule has 19 heavy (non-hydrogen) atoms. The van der Waals surface area contributed by atoms with Crippen LogP contribution in [0.2, 0.25) is 0 Å². The van der Waals surface area contributed by atoms with Crippen LogP contribution in [-0.2, 0) is 4.79 Å². The second kappa shape index (κ2) is 5.25. The number of rotatable bonds is 4. The Hall–Kier alpha value is -0.870. The molecule has 1 aliphatic rings. The van der Waals surface area contributed by atoms with E-state index >= 15 is 0 Å². The minimum atomic E-state index is -0.670. The fourth-order valence-electron chi connectivity index (χ4n) is 3.14. The summed E-state index contributed by atoms with van der Waals surface area (Å²) < 4.78 is 1.000. The summed E-state index contributed by atoms with van der Waals surface area (Å²) >= 11 is 3.49. The number of aryl methyl sites for hydroxylation is 1. The lowest BCUT2D eigenvalue weighted by Gasteiger charge is -2.47. The van der Waals surface area contributed by atoms with Gasteiger partial charge in [-0.2, -0.15) is 0 Å². The summed E-state index contributed by atoms with van der Waals surface area (Å²) in [4.78, 5) is 13.8. The van der Waals surface area contributed by atoms with Crippen LogP contribution >= 0.6 is 15.9 Å². The van der Waals surface area contributed by atoms with Crippen LogP contribution in [0, 0.1) is 12.3 Å². The SMILES string of the molecule is Cc1ccc(Br)cc1C(N(C)C)C1(C(=O)O)CCC1. The maximum Gasteiger partial charge on any atom is 0.311 e. The minimum Gasteiger partial charge on any atom is -0.481 e. The molecule has 1 aromatic carbocycles. The highest BCUT2D eigenvalue weighted by Crippen LogP contribution is 2.53. The van der Waals surface area contributed by atoms with Crippen molar-refractivity contribution in [2.45, 2.75) is 32.2 Å². The van der Waals surface area contributed by atoms with E-state index in [1.165, 1.54) is 0 Å². The van der Waals surface area contributed by atoms with Crippen molar-refractivity contribution in [1.82, 2.24) is 4.90 Å². The van der Waals surface area contributed by atoms with Crippen LogP contribution < -0.4 is 0 Å². The molecular formula is C15H20BrNO2. The van der Waals surface area contributed by atoms with Gasteiger partial charge in [-0.1, -0.05) is 28.4 Å². The molecule has 1 saturated carbocycles. The van der Waals surface area contributed by atoms with Crippen LogP contribution in [-0.4, -0.2) is 30.1 Å². The molecule has 0 aromatic heterocycles. The maximum absolute atomic E-state index is 11.8. The van der Waals surface area contributed by atoms with Gasteiger partial charge in [0, 0.05) is 4.47 Å². The zero-order chi connectivity index (χ0) is 14.2. The van der Waals surface area contributed by atoms with Crippen molar-refractivity contribution < 1.29 is 9.90 Å². The second-order valence-electron chi connectivity index (χ2n) is 5.68. The van der Waals surface area contributed by atoms with Crippen molar-refractivity contribution in [2.75, 3.05) is 14.1 Å². The Morgan fingerprint density at radius 3 is 2.47 bits per heavy atom. The first kappa shape index (κ1) is 14.5. The molecule has 0 radical (unpaired) electrons. The Bertz CT molecular complexity index is 495. The third-order valence-electron chi connectivity index (χ3n) is 4.25. The average molecular weight is 326 g/mol. The average Bonchev–Trinajstić information content (AvgIpc) is 2.26.